The largest absolute Gasteiger partial charge is 0.450 e. The third-order valence-corrected chi connectivity index (χ3v) is 5.93. The Bertz CT molecular complexity index is 1420. The second-order valence-electron chi connectivity index (χ2n) is 7.91. The van der Waals surface area contributed by atoms with Crippen LogP contribution in [-0.4, -0.2) is 27.2 Å². The molecule has 0 aliphatic rings. The molecule has 6 nitrogen and oxygen atoms in total. The van der Waals surface area contributed by atoms with Crippen molar-refractivity contribution in [1.82, 2.24) is 14.5 Å². The van der Waals surface area contributed by atoms with Crippen LogP contribution in [-0.2, 0) is 4.74 Å². The molecule has 3 aromatic carbocycles. The molecule has 5 aromatic rings. The Morgan fingerprint density at radius 1 is 0.914 bits per heavy atom. The van der Waals surface area contributed by atoms with E-state index in [1.165, 1.54) is 0 Å². The molecule has 35 heavy (non-hydrogen) atoms. The van der Waals surface area contributed by atoms with E-state index in [9.17, 15) is 4.79 Å². The second kappa shape index (κ2) is 9.99. The minimum absolute atomic E-state index is 0.199. The Balaban J connectivity index is 1.81. The lowest BCUT2D eigenvalue weighted by Crippen LogP contribution is -2.15. The van der Waals surface area contributed by atoms with Gasteiger partial charge in [0, 0.05) is 11.6 Å². The molecule has 0 atom stereocenters. The highest BCUT2D eigenvalue weighted by Crippen LogP contribution is 2.37. The van der Waals surface area contributed by atoms with Gasteiger partial charge in [0.1, 0.15) is 17.2 Å². The first-order chi connectivity index (χ1) is 17.2. The van der Waals surface area contributed by atoms with E-state index in [-0.39, 0.29) is 17.8 Å². The van der Waals surface area contributed by atoms with Crippen LogP contribution in [0.4, 0.5) is 10.6 Å². The fraction of sp³-hybridized carbons (Fsp3) is 0.107. The Kier molecular flexibility index (Phi) is 6.46. The van der Waals surface area contributed by atoms with Crippen LogP contribution in [0, 0.1) is 0 Å². The number of halogens is 1. The van der Waals surface area contributed by atoms with Crippen molar-refractivity contribution in [2.75, 3.05) is 11.9 Å². The summed E-state index contributed by atoms with van der Waals surface area (Å²) in [4.78, 5) is 21.4. The smallest absolute Gasteiger partial charge is 0.412 e. The van der Waals surface area contributed by atoms with Crippen molar-refractivity contribution in [3.63, 3.8) is 0 Å². The number of hydrogen-bond donors (Lipinski definition) is 1. The maximum atomic E-state index is 12.1. The molecule has 2 heterocycles. The van der Waals surface area contributed by atoms with E-state index in [4.69, 9.17) is 21.3 Å². The summed E-state index contributed by atoms with van der Waals surface area (Å²) in [7, 11) is 0. The Morgan fingerprint density at radius 3 is 2.06 bits per heavy atom. The number of nitrogens with zero attached hydrogens (tertiary/aromatic N) is 3. The van der Waals surface area contributed by atoms with Crippen molar-refractivity contribution in [2.45, 2.75) is 13.0 Å². The van der Waals surface area contributed by atoms with Gasteiger partial charge >= 0.3 is 6.09 Å². The summed E-state index contributed by atoms with van der Waals surface area (Å²) in [6.07, 6.45) is -0.590. The molecule has 0 bridgehead atoms. The zero-order valence-corrected chi connectivity index (χ0v) is 19.8. The van der Waals surface area contributed by atoms with Crippen LogP contribution in [0.1, 0.15) is 24.1 Å². The van der Waals surface area contributed by atoms with Crippen molar-refractivity contribution in [3.8, 4) is 11.4 Å². The molecular weight excluding hydrogens is 460 g/mol. The number of pyridine rings is 1. The van der Waals surface area contributed by atoms with Gasteiger partial charge in [-0.15, -0.1) is 0 Å². The number of amides is 1. The third-order valence-electron chi connectivity index (χ3n) is 5.66. The quantitative estimate of drug-likeness (QED) is 0.266. The van der Waals surface area contributed by atoms with E-state index in [0.717, 1.165) is 28.0 Å². The molecule has 2 aromatic heterocycles. The van der Waals surface area contributed by atoms with E-state index < -0.39 is 6.09 Å². The zero-order valence-electron chi connectivity index (χ0n) is 19.1. The minimum Gasteiger partial charge on any atom is -0.450 e. The Labute approximate surface area is 208 Å². The highest BCUT2D eigenvalue weighted by molar-refractivity contribution is 6.34. The molecule has 0 aliphatic carbocycles. The average molecular weight is 483 g/mol. The van der Waals surface area contributed by atoms with E-state index >= 15 is 0 Å². The summed E-state index contributed by atoms with van der Waals surface area (Å²) >= 11 is 6.61. The monoisotopic (exact) mass is 482 g/mol. The summed E-state index contributed by atoms with van der Waals surface area (Å²) in [6.45, 7) is 2.00. The van der Waals surface area contributed by atoms with Crippen LogP contribution < -0.4 is 5.32 Å². The number of hydrogen-bond acceptors (Lipinski definition) is 4. The third kappa shape index (κ3) is 4.61. The molecule has 0 unspecified atom stereocenters. The molecule has 0 saturated heterocycles. The van der Waals surface area contributed by atoms with E-state index in [2.05, 4.69) is 39.1 Å². The predicted molar refractivity (Wildman–Crippen MR) is 139 cm³/mol. The van der Waals surface area contributed by atoms with E-state index in [1.807, 2.05) is 66.7 Å². The number of fused-ring (bicyclic) bond motifs is 1. The van der Waals surface area contributed by atoms with E-state index in [0.29, 0.717) is 11.3 Å². The van der Waals surface area contributed by atoms with Crippen molar-refractivity contribution in [1.29, 1.82) is 0 Å². The lowest BCUT2D eigenvalue weighted by atomic mass is 9.97. The number of aromatic nitrogens is 3. The van der Waals surface area contributed by atoms with Gasteiger partial charge in [-0.1, -0.05) is 103 Å². The number of imidazole rings is 1. The van der Waals surface area contributed by atoms with Crippen LogP contribution >= 0.6 is 11.6 Å². The molecule has 0 aliphatic heterocycles. The molecule has 0 fully saturated rings. The fourth-order valence-electron chi connectivity index (χ4n) is 4.20. The maximum Gasteiger partial charge on any atom is 0.412 e. The van der Waals surface area contributed by atoms with Crippen molar-refractivity contribution >= 4 is 34.5 Å². The van der Waals surface area contributed by atoms with Crippen LogP contribution in [0.25, 0.3) is 22.4 Å². The molecular formula is C28H23ClN4O2. The summed E-state index contributed by atoms with van der Waals surface area (Å²) in [6, 6.07) is 32.0. The normalized spacial score (nSPS) is 11.1. The van der Waals surface area contributed by atoms with Gasteiger partial charge < -0.3 is 9.30 Å². The summed E-state index contributed by atoms with van der Waals surface area (Å²) in [5.74, 6) is 1.04. The van der Waals surface area contributed by atoms with E-state index in [1.54, 1.807) is 13.0 Å². The van der Waals surface area contributed by atoms with Gasteiger partial charge in [-0.2, -0.15) is 0 Å². The van der Waals surface area contributed by atoms with Crippen molar-refractivity contribution < 1.29 is 9.53 Å². The first-order valence-corrected chi connectivity index (χ1v) is 11.7. The number of benzene rings is 3. The summed E-state index contributed by atoms with van der Waals surface area (Å²) in [5, 5.41) is 2.87. The fourth-order valence-corrected chi connectivity index (χ4v) is 4.43. The van der Waals surface area contributed by atoms with Crippen molar-refractivity contribution in [2.24, 2.45) is 0 Å². The first-order valence-electron chi connectivity index (χ1n) is 11.3. The topological polar surface area (TPSA) is 69.0 Å². The number of rotatable bonds is 6. The molecule has 1 amide bonds. The SMILES string of the molecule is CCOC(=O)Nc1cc2c(nc(-c3ccccc3)n2C(c2ccccc2)c2ccccc2)c(Cl)n1. The first kappa shape index (κ1) is 22.6. The molecule has 0 saturated carbocycles. The van der Waals surface area contributed by atoms with Gasteiger partial charge in [-0.25, -0.2) is 14.8 Å². The van der Waals surface area contributed by atoms with Gasteiger partial charge in [0.2, 0.25) is 0 Å². The molecule has 5 rings (SSSR count). The van der Waals surface area contributed by atoms with Gasteiger partial charge in [-0.05, 0) is 18.1 Å². The lowest BCUT2D eigenvalue weighted by molar-refractivity contribution is 0.168. The van der Waals surface area contributed by atoms with Gasteiger partial charge in [0.25, 0.3) is 0 Å². The molecule has 0 spiro atoms. The molecule has 1 N–H and O–H groups in total. The molecule has 174 valence electrons. The Morgan fingerprint density at radius 2 is 1.49 bits per heavy atom. The van der Waals surface area contributed by atoms with Crippen LogP contribution in [0.15, 0.2) is 97.1 Å². The van der Waals surface area contributed by atoms with Crippen LogP contribution in [0.2, 0.25) is 5.15 Å². The van der Waals surface area contributed by atoms with Gasteiger partial charge in [0.05, 0.1) is 18.2 Å². The van der Waals surface area contributed by atoms with Gasteiger partial charge in [-0.3, -0.25) is 5.32 Å². The Hall–Kier alpha value is -4.16. The highest BCUT2D eigenvalue weighted by atomic mass is 35.5. The van der Waals surface area contributed by atoms with Crippen molar-refractivity contribution in [3.05, 3.63) is 113 Å². The molecule has 0 radical (unpaired) electrons. The predicted octanol–water partition coefficient (Wildman–Crippen LogP) is 6.96. The number of ether oxygens (including phenoxy) is 1. The standard InChI is InChI=1S/C28H23ClN4O2/c1-2-35-28(34)31-23-18-22-24(26(29)30-23)32-27(21-16-10-5-11-17-21)33(22)25(19-12-6-3-7-13-19)20-14-8-4-9-15-20/h3-18,25H,2H2,1H3,(H,30,31,34). The second-order valence-corrected chi connectivity index (χ2v) is 8.26. The van der Waals surface area contributed by atoms with Crippen LogP contribution in [0.3, 0.4) is 0 Å². The lowest BCUT2D eigenvalue weighted by Gasteiger charge is -2.23. The summed E-state index contributed by atoms with van der Waals surface area (Å²) in [5.41, 5.74) is 4.41. The number of carbonyl (C=O) groups excluding carboxylic acids is 1. The van der Waals surface area contributed by atoms with Crippen LogP contribution in [0.5, 0.6) is 0 Å². The molecule has 7 heteroatoms. The summed E-state index contributed by atoms with van der Waals surface area (Å²) < 4.78 is 7.19. The van der Waals surface area contributed by atoms with Gasteiger partial charge in [0.15, 0.2) is 5.15 Å². The number of carbonyl (C=O) groups is 1. The zero-order chi connectivity index (χ0) is 24.2. The highest BCUT2D eigenvalue weighted by Gasteiger charge is 2.25. The number of anilines is 1. The average Bonchev–Trinajstić information content (AvgIpc) is 3.26. The number of nitrogens with one attached hydrogen (secondary N) is 1. The maximum absolute atomic E-state index is 12.1. The minimum atomic E-state index is -0.590.